The summed E-state index contributed by atoms with van der Waals surface area (Å²) in [6.45, 7) is 4.06. The van der Waals surface area contributed by atoms with Gasteiger partial charge in [-0.25, -0.2) is 4.79 Å². The molecule has 0 fully saturated rings. The number of carbonyl (C=O) groups excluding carboxylic acids is 2. The quantitative estimate of drug-likeness (QED) is 0.412. The van der Waals surface area contributed by atoms with E-state index in [9.17, 15) is 14.9 Å². The molecule has 0 spiro atoms. The summed E-state index contributed by atoms with van der Waals surface area (Å²) in [5, 5.41) is 12.0. The predicted octanol–water partition coefficient (Wildman–Crippen LogP) is 3.64. The van der Waals surface area contributed by atoms with E-state index in [-0.39, 0.29) is 5.57 Å². The van der Waals surface area contributed by atoms with Crippen molar-refractivity contribution in [2.75, 3.05) is 25.6 Å². The summed E-state index contributed by atoms with van der Waals surface area (Å²) in [5.74, 6) is -0.859. The third-order valence-electron chi connectivity index (χ3n) is 4.53. The van der Waals surface area contributed by atoms with Gasteiger partial charge in [0.2, 0.25) is 0 Å². The van der Waals surface area contributed by atoms with Crippen molar-refractivity contribution in [3.05, 3.63) is 70.8 Å². The molecule has 0 bridgehead atoms. The number of hydrogen-bond acceptors (Lipinski definition) is 5. The highest BCUT2D eigenvalue weighted by molar-refractivity contribution is 5.98. The summed E-state index contributed by atoms with van der Waals surface area (Å²) < 4.78 is 4.98. The van der Waals surface area contributed by atoms with Gasteiger partial charge in [-0.2, -0.15) is 5.26 Å². The summed E-state index contributed by atoms with van der Waals surface area (Å²) >= 11 is 0. The average molecular weight is 405 g/mol. The van der Waals surface area contributed by atoms with Crippen LogP contribution in [0.1, 0.15) is 36.5 Å². The monoisotopic (exact) mass is 405 g/mol. The number of rotatable bonds is 8. The molecular formula is C24H27N3O3. The van der Waals surface area contributed by atoms with E-state index in [2.05, 4.69) is 19.2 Å². The molecule has 2 aromatic rings. The first-order valence-corrected chi connectivity index (χ1v) is 9.72. The third-order valence-corrected chi connectivity index (χ3v) is 4.53. The van der Waals surface area contributed by atoms with Gasteiger partial charge in [-0.3, -0.25) is 4.79 Å². The molecule has 6 nitrogen and oxygen atoms in total. The lowest BCUT2D eigenvalue weighted by Gasteiger charge is -2.13. The molecule has 0 aliphatic heterocycles. The van der Waals surface area contributed by atoms with Gasteiger partial charge in [0.25, 0.3) is 5.91 Å². The van der Waals surface area contributed by atoms with Gasteiger partial charge in [0.15, 0.2) is 6.61 Å². The van der Waals surface area contributed by atoms with Crippen molar-refractivity contribution in [1.29, 1.82) is 5.26 Å². The number of carbonyl (C=O) groups is 2. The van der Waals surface area contributed by atoms with E-state index in [1.54, 1.807) is 0 Å². The highest BCUT2D eigenvalue weighted by Crippen LogP contribution is 2.16. The zero-order chi connectivity index (χ0) is 22.1. The Morgan fingerprint density at radius 3 is 2.27 bits per heavy atom. The van der Waals surface area contributed by atoms with Gasteiger partial charge in [0, 0.05) is 26.3 Å². The molecular weight excluding hydrogens is 378 g/mol. The van der Waals surface area contributed by atoms with Crippen LogP contribution in [0.5, 0.6) is 0 Å². The summed E-state index contributed by atoms with van der Waals surface area (Å²) in [5.41, 5.74) is 3.73. The first-order valence-electron chi connectivity index (χ1n) is 9.72. The van der Waals surface area contributed by atoms with Crippen LogP contribution >= 0.6 is 0 Å². The lowest BCUT2D eigenvalue weighted by Crippen LogP contribution is -2.28. The van der Waals surface area contributed by atoms with Gasteiger partial charge in [0.05, 0.1) is 0 Å². The van der Waals surface area contributed by atoms with E-state index in [1.165, 1.54) is 11.6 Å². The minimum absolute atomic E-state index is 0.153. The average Bonchev–Trinajstić information content (AvgIpc) is 2.74. The van der Waals surface area contributed by atoms with E-state index in [0.29, 0.717) is 12.5 Å². The van der Waals surface area contributed by atoms with Crippen molar-refractivity contribution >= 4 is 23.6 Å². The van der Waals surface area contributed by atoms with Crippen molar-refractivity contribution in [2.24, 2.45) is 0 Å². The van der Waals surface area contributed by atoms with Gasteiger partial charge >= 0.3 is 5.97 Å². The molecule has 156 valence electrons. The van der Waals surface area contributed by atoms with E-state index >= 15 is 0 Å². The predicted molar refractivity (Wildman–Crippen MR) is 118 cm³/mol. The minimum Gasteiger partial charge on any atom is -0.451 e. The second kappa shape index (κ2) is 10.8. The van der Waals surface area contributed by atoms with E-state index in [1.807, 2.05) is 73.6 Å². The molecule has 0 aliphatic carbocycles. The molecule has 30 heavy (non-hydrogen) atoms. The van der Waals surface area contributed by atoms with Crippen LogP contribution in [-0.4, -0.2) is 32.6 Å². The molecule has 2 aromatic carbocycles. The Morgan fingerprint density at radius 2 is 1.73 bits per heavy atom. The summed E-state index contributed by atoms with van der Waals surface area (Å²) in [4.78, 5) is 26.1. The fourth-order valence-electron chi connectivity index (χ4n) is 2.65. The first kappa shape index (κ1) is 22.7. The van der Waals surface area contributed by atoms with Gasteiger partial charge in [-0.1, -0.05) is 50.2 Å². The van der Waals surface area contributed by atoms with Crippen LogP contribution in [0.3, 0.4) is 0 Å². The van der Waals surface area contributed by atoms with Crippen LogP contribution < -0.4 is 10.2 Å². The summed E-state index contributed by atoms with van der Waals surface area (Å²) in [6.07, 6.45) is 1.46. The number of esters is 1. The smallest absolute Gasteiger partial charge is 0.349 e. The maximum absolute atomic E-state index is 12.1. The van der Waals surface area contributed by atoms with Crippen LogP contribution in [-0.2, 0) is 20.9 Å². The molecule has 0 radical (unpaired) electrons. The van der Waals surface area contributed by atoms with Crippen LogP contribution in [0.15, 0.2) is 54.1 Å². The van der Waals surface area contributed by atoms with Gasteiger partial charge in [-0.15, -0.1) is 0 Å². The van der Waals surface area contributed by atoms with Crippen LogP contribution in [0.4, 0.5) is 5.69 Å². The molecule has 0 saturated heterocycles. The second-order valence-electron chi connectivity index (χ2n) is 7.40. The van der Waals surface area contributed by atoms with Crippen LogP contribution in [0.2, 0.25) is 0 Å². The zero-order valence-electron chi connectivity index (χ0n) is 17.8. The number of anilines is 1. The largest absolute Gasteiger partial charge is 0.451 e. The van der Waals surface area contributed by atoms with Crippen molar-refractivity contribution in [3.8, 4) is 6.07 Å². The minimum atomic E-state index is -0.823. The zero-order valence-corrected chi connectivity index (χ0v) is 17.8. The maximum Gasteiger partial charge on any atom is 0.349 e. The Hall–Kier alpha value is -3.59. The van der Waals surface area contributed by atoms with Crippen LogP contribution in [0.25, 0.3) is 6.08 Å². The molecule has 2 rings (SSSR count). The highest BCUT2D eigenvalue weighted by Gasteiger charge is 2.13. The molecule has 1 N–H and O–H groups in total. The number of nitriles is 1. The first-order chi connectivity index (χ1) is 14.3. The normalized spacial score (nSPS) is 11.0. The number of ether oxygens (including phenoxy) is 1. The third kappa shape index (κ3) is 6.78. The number of hydrogen-bond donors (Lipinski definition) is 1. The Morgan fingerprint density at radius 1 is 1.10 bits per heavy atom. The second-order valence-corrected chi connectivity index (χ2v) is 7.40. The lowest BCUT2D eigenvalue weighted by atomic mass is 10.0. The van der Waals surface area contributed by atoms with E-state index < -0.39 is 18.5 Å². The fourth-order valence-corrected chi connectivity index (χ4v) is 2.65. The van der Waals surface area contributed by atoms with Gasteiger partial charge < -0.3 is 15.0 Å². The Kier molecular flexibility index (Phi) is 8.18. The standard InChI is InChI=1S/C24H27N3O3/c1-17(2)20-9-5-18(6-10-20)13-21(14-25)24(29)30-16-23(28)26-15-19-7-11-22(12-8-19)27(3)4/h5-13,17H,15-16H2,1-4H3,(H,26,28)/b21-13+. The fraction of sp³-hybridized carbons (Fsp3) is 0.292. The van der Waals surface area contributed by atoms with E-state index in [0.717, 1.165) is 16.8 Å². The molecule has 0 heterocycles. The molecule has 0 atom stereocenters. The number of nitrogens with one attached hydrogen (secondary N) is 1. The van der Waals surface area contributed by atoms with Crippen molar-refractivity contribution in [2.45, 2.75) is 26.3 Å². The summed E-state index contributed by atoms with van der Waals surface area (Å²) in [7, 11) is 3.91. The van der Waals surface area contributed by atoms with Crippen LogP contribution in [0, 0.1) is 11.3 Å². The lowest BCUT2D eigenvalue weighted by molar-refractivity contribution is -0.144. The number of nitrogens with zero attached hydrogens (tertiary/aromatic N) is 2. The van der Waals surface area contributed by atoms with E-state index in [4.69, 9.17) is 4.74 Å². The Bertz CT molecular complexity index is 937. The van der Waals surface area contributed by atoms with Gasteiger partial charge in [-0.05, 0) is 40.8 Å². The van der Waals surface area contributed by atoms with Crippen molar-refractivity contribution < 1.29 is 14.3 Å². The summed E-state index contributed by atoms with van der Waals surface area (Å²) in [6, 6.07) is 17.2. The SMILES string of the molecule is CC(C)c1ccc(/C=C(\C#N)C(=O)OCC(=O)NCc2ccc(N(C)C)cc2)cc1. The molecule has 0 aliphatic rings. The molecule has 0 unspecified atom stereocenters. The highest BCUT2D eigenvalue weighted by atomic mass is 16.5. The van der Waals surface area contributed by atoms with Crippen molar-refractivity contribution in [3.63, 3.8) is 0 Å². The van der Waals surface area contributed by atoms with Crippen molar-refractivity contribution in [1.82, 2.24) is 5.32 Å². The number of amides is 1. The maximum atomic E-state index is 12.1. The molecule has 6 heteroatoms. The molecule has 0 saturated carbocycles. The molecule has 1 amide bonds. The number of benzene rings is 2. The van der Waals surface area contributed by atoms with Gasteiger partial charge in [0.1, 0.15) is 11.6 Å². The topological polar surface area (TPSA) is 82.4 Å². The Balaban J connectivity index is 1.86. The molecule has 0 aromatic heterocycles. The Labute approximate surface area is 177 Å².